The van der Waals surface area contributed by atoms with Crippen LogP contribution in [0.1, 0.15) is 25.8 Å². The van der Waals surface area contributed by atoms with Gasteiger partial charge in [0.15, 0.2) is 0 Å². The number of rotatable bonds is 9. The summed E-state index contributed by atoms with van der Waals surface area (Å²) in [6.07, 6.45) is 1.74. The zero-order valence-corrected chi connectivity index (χ0v) is 21.5. The molecule has 0 unspecified atom stereocenters. The summed E-state index contributed by atoms with van der Waals surface area (Å²) in [5.41, 5.74) is -0.185. The normalized spacial score (nSPS) is 14.7. The molecular weight excluding hydrogens is 505 g/mol. The highest BCUT2D eigenvalue weighted by molar-refractivity contribution is 7.96. The Bertz CT molecular complexity index is 1250. The van der Waals surface area contributed by atoms with Crippen LogP contribution in [-0.4, -0.2) is 57.6 Å². The molecule has 1 saturated heterocycles. The smallest absolute Gasteiger partial charge is 0.316 e. The van der Waals surface area contributed by atoms with Crippen molar-refractivity contribution in [2.75, 3.05) is 37.7 Å². The van der Waals surface area contributed by atoms with Crippen LogP contribution in [0.4, 0.5) is 18.9 Å². The fraction of sp³-hybridized carbons (Fsp3) is 0.385. The van der Waals surface area contributed by atoms with E-state index in [0.29, 0.717) is 37.6 Å². The Morgan fingerprint density at radius 3 is 2.27 bits per heavy atom. The minimum Gasteiger partial charge on any atom is -0.486 e. The quantitative estimate of drug-likeness (QED) is 0.414. The van der Waals surface area contributed by atoms with Crippen molar-refractivity contribution in [2.24, 2.45) is 0 Å². The molecule has 0 radical (unpaired) electrons. The zero-order chi connectivity index (χ0) is 26.6. The summed E-state index contributed by atoms with van der Waals surface area (Å²) >= 11 is 1.65. The zero-order valence-electron chi connectivity index (χ0n) is 20.7. The summed E-state index contributed by atoms with van der Waals surface area (Å²) in [6.45, 7) is 5.94. The van der Waals surface area contributed by atoms with Gasteiger partial charge >= 0.3 is 5.56 Å². The monoisotopic (exact) mass is 534 g/mol. The van der Waals surface area contributed by atoms with Crippen molar-refractivity contribution >= 4 is 17.6 Å². The second kappa shape index (κ2) is 11.6. The van der Waals surface area contributed by atoms with Crippen molar-refractivity contribution in [1.82, 2.24) is 14.1 Å². The lowest BCUT2D eigenvalue weighted by molar-refractivity contribution is 0.0551. The molecule has 37 heavy (non-hydrogen) atoms. The van der Waals surface area contributed by atoms with E-state index >= 15 is 0 Å². The predicted molar refractivity (Wildman–Crippen MR) is 138 cm³/mol. The second-order valence-electron chi connectivity index (χ2n) is 9.43. The molecule has 0 bridgehead atoms. The number of hydrogen-bond donors (Lipinski definition) is 1. The first-order valence-corrected chi connectivity index (χ1v) is 12.8. The Labute approximate surface area is 217 Å². The molecule has 1 fully saturated rings. The molecule has 1 N–H and O–H groups in total. The SMILES string of the molecule is CC(C)(O)CCOc1c(N2CCN(SCc3ccc(F)cc3)CC2)cnn(-c2cc(F)cc(F)c2)c1=O. The van der Waals surface area contributed by atoms with E-state index in [1.54, 1.807) is 37.9 Å². The third kappa shape index (κ3) is 7.27. The van der Waals surface area contributed by atoms with Crippen molar-refractivity contribution in [3.8, 4) is 11.4 Å². The molecule has 1 aliphatic rings. The van der Waals surface area contributed by atoms with Crippen molar-refractivity contribution < 1.29 is 23.0 Å². The Kier molecular flexibility index (Phi) is 8.46. The van der Waals surface area contributed by atoms with Gasteiger partial charge in [0.2, 0.25) is 5.75 Å². The lowest BCUT2D eigenvalue weighted by Crippen LogP contribution is -2.44. The van der Waals surface area contributed by atoms with Gasteiger partial charge in [0.25, 0.3) is 0 Å². The van der Waals surface area contributed by atoms with Crippen molar-refractivity contribution in [1.29, 1.82) is 0 Å². The summed E-state index contributed by atoms with van der Waals surface area (Å²) in [5, 5.41) is 14.2. The van der Waals surface area contributed by atoms with Crippen LogP contribution >= 0.6 is 11.9 Å². The maximum absolute atomic E-state index is 13.8. The highest BCUT2D eigenvalue weighted by Gasteiger charge is 2.25. The molecular formula is C26H29F3N4O3S. The first kappa shape index (κ1) is 27.0. The summed E-state index contributed by atoms with van der Waals surface area (Å²) in [6, 6.07) is 9.18. The van der Waals surface area contributed by atoms with Crippen LogP contribution in [0.25, 0.3) is 5.69 Å². The Balaban J connectivity index is 1.51. The summed E-state index contributed by atoms with van der Waals surface area (Å²) in [4.78, 5) is 15.3. The number of nitrogens with zero attached hydrogens (tertiary/aromatic N) is 4. The molecule has 11 heteroatoms. The molecule has 0 spiro atoms. The third-order valence-corrected chi connectivity index (χ3v) is 7.07. The number of aromatic nitrogens is 2. The molecule has 1 aromatic heterocycles. The number of anilines is 1. The Morgan fingerprint density at radius 1 is 1.00 bits per heavy atom. The van der Waals surface area contributed by atoms with Crippen LogP contribution in [0.15, 0.2) is 53.5 Å². The van der Waals surface area contributed by atoms with Crippen molar-refractivity contribution in [3.05, 3.63) is 82.0 Å². The van der Waals surface area contributed by atoms with Gasteiger partial charge in [-0.25, -0.2) is 17.5 Å². The first-order valence-electron chi connectivity index (χ1n) is 11.9. The number of benzene rings is 2. The number of aliphatic hydroxyl groups is 1. The van der Waals surface area contributed by atoms with Crippen LogP contribution in [0.2, 0.25) is 0 Å². The average molecular weight is 535 g/mol. The largest absolute Gasteiger partial charge is 0.486 e. The van der Waals surface area contributed by atoms with Gasteiger partial charge in [-0.05, 0) is 43.7 Å². The van der Waals surface area contributed by atoms with Crippen LogP contribution < -0.4 is 15.2 Å². The molecule has 0 atom stereocenters. The van der Waals surface area contributed by atoms with Gasteiger partial charge in [-0.2, -0.15) is 9.78 Å². The van der Waals surface area contributed by atoms with Crippen LogP contribution in [-0.2, 0) is 5.75 Å². The molecule has 4 rings (SSSR count). The molecule has 0 saturated carbocycles. The summed E-state index contributed by atoms with van der Waals surface area (Å²) < 4.78 is 49.7. The highest BCUT2D eigenvalue weighted by atomic mass is 32.2. The standard InChI is InChI=1S/C26H29F3N4O3S/c1-26(2,35)7-12-36-24-23(16-30-33(25(24)34)22-14-20(28)13-21(29)15-22)31-8-10-32(11-9-31)37-17-18-3-5-19(27)6-4-18/h3-6,13-16,35H,7-12,17H2,1-2H3. The van der Waals surface area contributed by atoms with Gasteiger partial charge in [-0.3, -0.25) is 4.79 Å². The van der Waals surface area contributed by atoms with Gasteiger partial charge in [0, 0.05) is 44.4 Å². The second-order valence-corrected chi connectivity index (χ2v) is 10.5. The summed E-state index contributed by atoms with van der Waals surface area (Å²) in [7, 11) is 0. The molecule has 7 nitrogen and oxygen atoms in total. The van der Waals surface area contributed by atoms with Gasteiger partial charge in [0.05, 0.1) is 24.1 Å². The predicted octanol–water partition coefficient (Wildman–Crippen LogP) is 4.16. The van der Waals surface area contributed by atoms with Crippen LogP contribution in [0.3, 0.4) is 0 Å². The van der Waals surface area contributed by atoms with Gasteiger partial charge < -0.3 is 14.7 Å². The van der Waals surface area contributed by atoms with Crippen molar-refractivity contribution in [3.63, 3.8) is 0 Å². The first-order chi connectivity index (χ1) is 17.6. The fourth-order valence-electron chi connectivity index (χ4n) is 3.84. The van der Waals surface area contributed by atoms with E-state index in [9.17, 15) is 23.1 Å². The van der Waals surface area contributed by atoms with Gasteiger partial charge in [0.1, 0.15) is 23.1 Å². The molecule has 0 aliphatic carbocycles. The third-order valence-electron chi connectivity index (χ3n) is 5.87. The van der Waals surface area contributed by atoms with Gasteiger partial charge in [-0.1, -0.05) is 24.1 Å². The summed E-state index contributed by atoms with van der Waals surface area (Å²) in [5.74, 6) is -1.19. The van der Waals surface area contributed by atoms with E-state index in [1.165, 1.54) is 18.3 Å². The minimum absolute atomic E-state index is 0.0105. The van der Waals surface area contributed by atoms with Crippen molar-refractivity contribution in [2.45, 2.75) is 31.6 Å². The van der Waals surface area contributed by atoms with E-state index in [1.807, 2.05) is 4.90 Å². The van der Waals surface area contributed by atoms with Crippen LogP contribution in [0.5, 0.6) is 5.75 Å². The molecule has 0 amide bonds. The van der Waals surface area contributed by atoms with E-state index in [0.717, 1.165) is 28.4 Å². The molecule has 2 heterocycles. The highest BCUT2D eigenvalue weighted by Crippen LogP contribution is 2.28. The Morgan fingerprint density at radius 2 is 1.65 bits per heavy atom. The lowest BCUT2D eigenvalue weighted by Gasteiger charge is -2.35. The lowest BCUT2D eigenvalue weighted by atomic mass is 10.1. The van der Waals surface area contributed by atoms with Crippen LogP contribution in [0, 0.1) is 17.5 Å². The topological polar surface area (TPSA) is 70.8 Å². The maximum atomic E-state index is 13.8. The Hall–Kier alpha value is -3.02. The van der Waals surface area contributed by atoms with E-state index in [2.05, 4.69) is 9.40 Å². The molecule has 1 aliphatic heterocycles. The van der Waals surface area contributed by atoms with E-state index < -0.39 is 22.8 Å². The van der Waals surface area contributed by atoms with E-state index in [-0.39, 0.29) is 30.3 Å². The van der Waals surface area contributed by atoms with E-state index in [4.69, 9.17) is 4.74 Å². The number of halogens is 3. The maximum Gasteiger partial charge on any atom is 0.316 e. The molecule has 3 aromatic rings. The fourth-order valence-corrected chi connectivity index (χ4v) is 4.79. The number of piperazine rings is 1. The average Bonchev–Trinajstić information content (AvgIpc) is 2.83. The molecule has 2 aromatic carbocycles. The number of hydrogen-bond acceptors (Lipinski definition) is 7. The number of ether oxygens (including phenoxy) is 1. The minimum atomic E-state index is -0.995. The molecule has 198 valence electrons. The van der Waals surface area contributed by atoms with Gasteiger partial charge in [-0.15, -0.1) is 0 Å².